The molecule has 0 bridgehead atoms. The highest BCUT2D eigenvalue weighted by Crippen LogP contribution is 2.16. The maximum Gasteiger partial charge on any atom is 0.254 e. The van der Waals surface area contributed by atoms with E-state index in [0.29, 0.717) is 24.2 Å². The zero-order valence-corrected chi connectivity index (χ0v) is 11.7. The van der Waals surface area contributed by atoms with Crippen molar-refractivity contribution in [3.05, 3.63) is 29.3 Å². The molecular weight excluding hydrogens is 264 g/mol. The van der Waals surface area contributed by atoms with E-state index in [9.17, 15) is 13.2 Å². The van der Waals surface area contributed by atoms with Crippen LogP contribution in [0.15, 0.2) is 18.2 Å². The molecule has 104 valence electrons. The van der Waals surface area contributed by atoms with Gasteiger partial charge in [0.15, 0.2) is 9.84 Å². The Morgan fingerprint density at radius 2 is 2.00 bits per heavy atom. The van der Waals surface area contributed by atoms with Gasteiger partial charge in [0.1, 0.15) is 0 Å². The van der Waals surface area contributed by atoms with Crippen LogP contribution in [0.5, 0.6) is 0 Å². The second-order valence-electron chi connectivity index (χ2n) is 4.87. The summed E-state index contributed by atoms with van der Waals surface area (Å²) in [5.74, 6) is 0.0964. The van der Waals surface area contributed by atoms with Crippen molar-refractivity contribution in [2.45, 2.75) is 13.3 Å². The van der Waals surface area contributed by atoms with Gasteiger partial charge in [-0.2, -0.15) is 0 Å². The minimum atomic E-state index is -3.00. The largest absolute Gasteiger partial charge is 0.399 e. The molecule has 0 saturated carbocycles. The molecule has 1 saturated heterocycles. The Morgan fingerprint density at radius 3 is 2.68 bits per heavy atom. The van der Waals surface area contributed by atoms with Crippen LogP contribution in [0.4, 0.5) is 5.69 Å². The van der Waals surface area contributed by atoms with Gasteiger partial charge in [-0.15, -0.1) is 0 Å². The van der Waals surface area contributed by atoms with E-state index in [4.69, 9.17) is 5.73 Å². The van der Waals surface area contributed by atoms with E-state index in [1.165, 1.54) is 0 Å². The number of nitrogens with two attached hydrogens (primary N) is 1. The number of sulfone groups is 1. The summed E-state index contributed by atoms with van der Waals surface area (Å²) in [6, 6.07) is 5.14. The van der Waals surface area contributed by atoms with E-state index in [1.807, 2.05) is 6.92 Å². The van der Waals surface area contributed by atoms with Crippen molar-refractivity contribution < 1.29 is 13.2 Å². The molecule has 5 nitrogen and oxygen atoms in total. The van der Waals surface area contributed by atoms with Crippen molar-refractivity contribution >= 4 is 21.4 Å². The molecule has 19 heavy (non-hydrogen) atoms. The number of aryl methyl sites for hydroxylation is 1. The topological polar surface area (TPSA) is 80.5 Å². The highest BCUT2D eigenvalue weighted by atomic mass is 32.2. The van der Waals surface area contributed by atoms with E-state index in [-0.39, 0.29) is 24.0 Å². The normalized spacial score (nSPS) is 18.9. The number of carbonyl (C=O) groups is 1. The van der Waals surface area contributed by atoms with E-state index >= 15 is 0 Å². The van der Waals surface area contributed by atoms with Crippen LogP contribution in [-0.4, -0.2) is 43.8 Å². The molecule has 0 unspecified atom stereocenters. The van der Waals surface area contributed by atoms with Gasteiger partial charge in [0.25, 0.3) is 5.91 Å². The average molecular weight is 282 g/mol. The van der Waals surface area contributed by atoms with Gasteiger partial charge in [-0.3, -0.25) is 4.79 Å². The molecular formula is C13H18N2O3S. The standard InChI is InChI=1S/C13H18N2O3S/c1-10-9-11(14)3-4-12(10)13(16)15-5-2-7-19(17,18)8-6-15/h3-4,9H,2,5-8,14H2,1H3. The first-order valence-corrected chi connectivity index (χ1v) is 8.07. The molecule has 0 radical (unpaired) electrons. The molecule has 0 atom stereocenters. The molecule has 1 heterocycles. The number of carbonyl (C=O) groups excluding carboxylic acids is 1. The molecule has 1 aromatic rings. The molecule has 0 aromatic heterocycles. The van der Waals surface area contributed by atoms with Crippen LogP contribution >= 0.6 is 0 Å². The van der Waals surface area contributed by atoms with Crippen LogP contribution in [0.3, 0.4) is 0 Å². The number of hydrogen-bond donors (Lipinski definition) is 1. The zero-order valence-electron chi connectivity index (χ0n) is 10.9. The summed E-state index contributed by atoms with van der Waals surface area (Å²) in [7, 11) is -3.00. The van der Waals surface area contributed by atoms with Crippen molar-refractivity contribution in [3.8, 4) is 0 Å². The summed E-state index contributed by atoms with van der Waals surface area (Å²) in [5, 5.41) is 0. The maximum atomic E-state index is 12.4. The third-order valence-electron chi connectivity index (χ3n) is 3.32. The molecule has 0 spiro atoms. The number of rotatable bonds is 1. The summed E-state index contributed by atoms with van der Waals surface area (Å²) in [5.41, 5.74) is 7.69. The monoisotopic (exact) mass is 282 g/mol. The van der Waals surface area contributed by atoms with Crippen molar-refractivity contribution in [2.24, 2.45) is 0 Å². The van der Waals surface area contributed by atoms with E-state index in [0.717, 1.165) is 5.56 Å². The molecule has 2 rings (SSSR count). The maximum absolute atomic E-state index is 12.4. The minimum absolute atomic E-state index is 0.0484. The number of amides is 1. The van der Waals surface area contributed by atoms with Crippen molar-refractivity contribution in [1.29, 1.82) is 0 Å². The molecule has 0 aliphatic carbocycles. The van der Waals surface area contributed by atoms with E-state index in [2.05, 4.69) is 0 Å². The SMILES string of the molecule is Cc1cc(N)ccc1C(=O)N1CCCS(=O)(=O)CC1. The first-order chi connectivity index (χ1) is 8.89. The van der Waals surface area contributed by atoms with Gasteiger partial charge in [-0.25, -0.2) is 8.42 Å². The smallest absolute Gasteiger partial charge is 0.254 e. The zero-order chi connectivity index (χ0) is 14.0. The van der Waals surface area contributed by atoms with E-state index in [1.54, 1.807) is 23.1 Å². The van der Waals surface area contributed by atoms with Gasteiger partial charge in [0, 0.05) is 24.3 Å². The first kappa shape index (κ1) is 13.9. The Bertz CT molecular complexity index is 596. The van der Waals surface area contributed by atoms with Crippen LogP contribution in [-0.2, 0) is 9.84 Å². The summed E-state index contributed by atoms with van der Waals surface area (Å²) in [6.45, 7) is 2.59. The van der Waals surface area contributed by atoms with Gasteiger partial charge >= 0.3 is 0 Å². The lowest BCUT2D eigenvalue weighted by molar-refractivity contribution is 0.0768. The quantitative estimate of drug-likeness (QED) is 0.774. The molecule has 2 N–H and O–H groups in total. The van der Waals surface area contributed by atoms with E-state index < -0.39 is 9.84 Å². The second-order valence-corrected chi connectivity index (χ2v) is 7.18. The Hall–Kier alpha value is -1.56. The van der Waals surface area contributed by atoms with Gasteiger partial charge in [0.2, 0.25) is 0 Å². The molecule has 1 aliphatic rings. The molecule has 1 amide bonds. The molecule has 1 aromatic carbocycles. The summed E-state index contributed by atoms with van der Waals surface area (Å²) in [6.07, 6.45) is 0.502. The Balaban J connectivity index is 2.20. The number of anilines is 1. The number of nitrogen functional groups attached to an aromatic ring is 1. The summed E-state index contributed by atoms with van der Waals surface area (Å²) < 4.78 is 23.1. The fourth-order valence-electron chi connectivity index (χ4n) is 2.24. The number of nitrogens with zero attached hydrogens (tertiary/aromatic N) is 1. The van der Waals surface area contributed by atoms with Crippen LogP contribution < -0.4 is 5.73 Å². The van der Waals surface area contributed by atoms with Crippen LogP contribution in [0, 0.1) is 6.92 Å². The molecule has 6 heteroatoms. The Kier molecular flexibility index (Phi) is 3.80. The average Bonchev–Trinajstić information content (AvgIpc) is 2.49. The summed E-state index contributed by atoms with van der Waals surface area (Å²) in [4.78, 5) is 14.0. The third kappa shape index (κ3) is 3.26. The Labute approximate surface area is 113 Å². The van der Waals surface area contributed by atoms with Crippen molar-refractivity contribution in [1.82, 2.24) is 4.90 Å². The highest BCUT2D eigenvalue weighted by molar-refractivity contribution is 7.91. The number of hydrogen-bond acceptors (Lipinski definition) is 4. The van der Waals surface area contributed by atoms with Crippen molar-refractivity contribution in [2.75, 3.05) is 30.3 Å². The van der Waals surface area contributed by atoms with Gasteiger partial charge in [0.05, 0.1) is 11.5 Å². The van der Waals surface area contributed by atoms with Crippen LogP contribution in [0.1, 0.15) is 22.3 Å². The fraction of sp³-hybridized carbons (Fsp3) is 0.462. The van der Waals surface area contributed by atoms with Crippen LogP contribution in [0.25, 0.3) is 0 Å². The molecule has 1 aliphatic heterocycles. The van der Waals surface area contributed by atoms with Gasteiger partial charge in [-0.1, -0.05) is 0 Å². The van der Waals surface area contributed by atoms with Crippen molar-refractivity contribution in [3.63, 3.8) is 0 Å². The lowest BCUT2D eigenvalue weighted by atomic mass is 10.1. The van der Waals surface area contributed by atoms with Crippen LogP contribution in [0.2, 0.25) is 0 Å². The predicted molar refractivity (Wildman–Crippen MR) is 74.8 cm³/mol. The van der Waals surface area contributed by atoms with Gasteiger partial charge < -0.3 is 10.6 Å². The molecule has 1 fully saturated rings. The number of benzene rings is 1. The van der Waals surface area contributed by atoms with Gasteiger partial charge in [-0.05, 0) is 37.1 Å². The fourth-order valence-corrected chi connectivity index (χ4v) is 3.51. The lowest BCUT2D eigenvalue weighted by Crippen LogP contribution is -2.34. The minimum Gasteiger partial charge on any atom is -0.399 e. The Morgan fingerprint density at radius 1 is 1.26 bits per heavy atom. The predicted octanol–water partition coefficient (Wildman–Crippen LogP) is 0.838. The highest BCUT2D eigenvalue weighted by Gasteiger charge is 2.24. The first-order valence-electron chi connectivity index (χ1n) is 6.25. The second kappa shape index (κ2) is 5.21. The third-order valence-corrected chi connectivity index (χ3v) is 5.04. The summed E-state index contributed by atoms with van der Waals surface area (Å²) >= 11 is 0. The lowest BCUT2D eigenvalue weighted by Gasteiger charge is -2.20.